The van der Waals surface area contributed by atoms with Crippen LogP contribution in [0.1, 0.15) is 0 Å². The van der Waals surface area contributed by atoms with Gasteiger partial charge in [-0.3, -0.25) is 9.48 Å². The molecule has 1 N–H and O–H groups in total. The van der Waals surface area contributed by atoms with E-state index in [0.717, 1.165) is 11.3 Å². The molecule has 7 heteroatoms. The van der Waals surface area contributed by atoms with E-state index in [2.05, 4.69) is 5.10 Å². The molecular weight excluding hydrogens is 363 g/mol. The summed E-state index contributed by atoms with van der Waals surface area (Å²) in [5, 5.41) is 4.14. The summed E-state index contributed by atoms with van der Waals surface area (Å²) >= 11 is 0. The molecule has 1 amide bonds. The van der Waals surface area contributed by atoms with Gasteiger partial charge in [-0.1, -0.05) is 0 Å². The summed E-state index contributed by atoms with van der Waals surface area (Å²) in [5.74, 6) is 0.368. The number of hydrogen-bond acceptors (Lipinski definition) is 3. The van der Waals surface area contributed by atoms with Crippen molar-refractivity contribution in [2.45, 2.75) is 6.04 Å². The number of benzene rings is 1. The van der Waals surface area contributed by atoms with Crippen molar-refractivity contribution < 1.29 is 30.0 Å². The first-order valence-corrected chi connectivity index (χ1v) is 6.32. The molecule has 0 aliphatic carbocycles. The molecule has 6 nitrogen and oxygen atoms in total. The Hall–Kier alpha value is -1.68. The zero-order chi connectivity index (χ0) is 14.3. The normalized spacial score (nSPS) is 17.6. The van der Waals surface area contributed by atoms with Gasteiger partial charge in [-0.2, -0.15) is 5.10 Å². The van der Waals surface area contributed by atoms with Crippen LogP contribution in [0.4, 0.5) is 5.69 Å². The standard InChI is InChI=1S/C14H15N4O2.Pd/c1-17-12-7-9(11-5-6-16-18(11)2)3-4-13(12)20-8-10(15)14(17)19;/h3-7,10,15H,8H2,1-2H3;/q-1;/t10-;/m0./s1. The van der Waals surface area contributed by atoms with Gasteiger partial charge >= 0.3 is 0 Å². The summed E-state index contributed by atoms with van der Waals surface area (Å²) in [6, 6.07) is 6.68. The molecule has 2 aromatic rings. The first-order valence-electron chi connectivity index (χ1n) is 6.32. The fourth-order valence-corrected chi connectivity index (χ4v) is 2.31. The van der Waals surface area contributed by atoms with Gasteiger partial charge in [0.1, 0.15) is 5.75 Å². The Labute approximate surface area is 136 Å². The Morgan fingerprint density at radius 1 is 1.33 bits per heavy atom. The maximum atomic E-state index is 12.0. The monoisotopic (exact) mass is 377 g/mol. The summed E-state index contributed by atoms with van der Waals surface area (Å²) in [4.78, 5) is 13.5. The number of carbonyl (C=O) groups is 1. The van der Waals surface area contributed by atoms with Crippen molar-refractivity contribution in [2.75, 3.05) is 18.6 Å². The summed E-state index contributed by atoms with van der Waals surface area (Å²) < 4.78 is 7.30. The second kappa shape index (κ2) is 5.98. The minimum Gasteiger partial charge on any atom is -0.664 e. The van der Waals surface area contributed by atoms with E-state index in [-0.39, 0.29) is 32.9 Å². The van der Waals surface area contributed by atoms with E-state index >= 15 is 0 Å². The van der Waals surface area contributed by atoms with Gasteiger partial charge < -0.3 is 15.4 Å². The molecule has 0 fully saturated rings. The van der Waals surface area contributed by atoms with Crippen LogP contribution in [0, 0.1) is 0 Å². The zero-order valence-corrected chi connectivity index (χ0v) is 13.2. The minimum absolute atomic E-state index is 0. The van der Waals surface area contributed by atoms with Crippen molar-refractivity contribution in [1.29, 1.82) is 0 Å². The van der Waals surface area contributed by atoms with Crippen LogP contribution >= 0.6 is 0 Å². The second-order valence-electron chi connectivity index (χ2n) is 4.78. The smallest absolute Gasteiger partial charge is 0.212 e. The van der Waals surface area contributed by atoms with Crippen molar-refractivity contribution in [3.8, 4) is 17.0 Å². The number of rotatable bonds is 1. The summed E-state index contributed by atoms with van der Waals surface area (Å²) in [6.07, 6.45) is 1.73. The number of nitrogens with zero attached hydrogens (tertiary/aromatic N) is 3. The largest absolute Gasteiger partial charge is 0.664 e. The molecule has 21 heavy (non-hydrogen) atoms. The van der Waals surface area contributed by atoms with Gasteiger partial charge in [-0.15, -0.1) is 0 Å². The topological polar surface area (TPSA) is 71.2 Å². The van der Waals surface area contributed by atoms with Crippen molar-refractivity contribution in [3.05, 3.63) is 36.2 Å². The van der Waals surface area contributed by atoms with Crippen LogP contribution in [0.25, 0.3) is 17.0 Å². The number of fused-ring (bicyclic) bond motifs is 1. The van der Waals surface area contributed by atoms with Crippen LogP contribution in [-0.4, -0.2) is 35.4 Å². The van der Waals surface area contributed by atoms with Gasteiger partial charge in [0.15, 0.2) is 0 Å². The van der Waals surface area contributed by atoms with E-state index in [1.807, 2.05) is 31.3 Å². The number of likely N-dealkylation sites (N-methyl/N-ethyl adjacent to an activating group) is 1. The fraction of sp³-hybridized carbons (Fsp3) is 0.286. The molecule has 0 saturated heterocycles. The van der Waals surface area contributed by atoms with E-state index in [1.54, 1.807) is 17.9 Å². The number of anilines is 1. The quantitative estimate of drug-likeness (QED) is 0.712. The van der Waals surface area contributed by atoms with E-state index in [1.165, 1.54) is 4.90 Å². The van der Waals surface area contributed by atoms with Gasteiger partial charge in [-0.25, -0.2) is 0 Å². The second-order valence-corrected chi connectivity index (χ2v) is 4.78. The summed E-state index contributed by atoms with van der Waals surface area (Å²) in [5.41, 5.74) is 10.3. The average Bonchev–Trinajstić information content (AvgIpc) is 2.85. The third-order valence-corrected chi connectivity index (χ3v) is 3.47. The van der Waals surface area contributed by atoms with Gasteiger partial charge in [0.2, 0.25) is 5.91 Å². The van der Waals surface area contributed by atoms with E-state index in [0.29, 0.717) is 11.4 Å². The average molecular weight is 378 g/mol. The van der Waals surface area contributed by atoms with Crippen molar-refractivity contribution in [1.82, 2.24) is 9.78 Å². The van der Waals surface area contributed by atoms with Crippen molar-refractivity contribution in [2.24, 2.45) is 7.05 Å². The maximum absolute atomic E-state index is 12.0. The van der Waals surface area contributed by atoms with Crippen LogP contribution in [0.2, 0.25) is 0 Å². The van der Waals surface area contributed by atoms with Crippen molar-refractivity contribution >= 4 is 11.6 Å². The molecule has 1 aliphatic rings. The van der Waals surface area contributed by atoms with E-state index in [4.69, 9.17) is 10.5 Å². The number of nitrogens with one attached hydrogen (secondary N) is 1. The first-order chi connectivity index (χ1) is 9.58. The molecule has 0 radical (unpaired) electrons. The van der Waals surface area contributed by atoms with Gasteiger partial charge in [-0.05, 0) is 30.3 Å². The number of aromatic nitrogens is 2. The molecule has 0 spiro atoms. The Balaban J connectivity index is 0.00000161. The summed E-state index contributed by atoms with van der Waals surface area (Å²) in [6.45, 7) is 0.0846. The maximum Gasteiger partial charge on any atom is 0.212 e. The first kappa shape index (κ1) is 15.7. The van der Waals surface area contributed by atoms with E-state index in [9.17, 15) is 4.79 Å². The predicted molar refractivity (Wildman–Crippen MR) is 75.7 cm³/mol. The zero-order valence-electron chi connectivity index (χ0n) is 11.6. The van der Waals surface area contributed by atoms with Crippen LogP contribution in [0.5, 0.6) is 5.75 Å². The molecule has 1 aliphatic heterocycles. The van der Waals surface area contributed by atoms with E-state index < -0.39 is 6.04 Å². The molecule has 3 rings (SSSR count). The molecular formula is C14H15N4O2Pd-. The molecule has 0 bridgehead atoms. The molecule has 1 aromatic heterocycles. The van der Waals surface area contributed by atoms with Gasteiger partial charge in [0, 0.05) is 46.3 Å². The molecule has 1 aromatic carbocycles. The number of carbonyl (C=O) groups excluding carboxylic acids is 1. The fourth-order valence-electron chi connectivity index (χ4n) is 2.31. The van der Waals surface area contributed by atoms with Gasteiger partial charge in [0.25, 0.3) is 0 Å². The predicted octanol–water partition coefficient (Wildman–Crippen LogP) is 1.86. The number of amides is 1. The Morgan fingerprint density at radius 2 is 2.10 bits per heavy atom. The number of aryl methyl sites for hydroxylation is 1. The molecule has 114 valence electrons. The van der Waals surface area contributed by atoms with Crippen molar-refractivity contribution in [3.63, 3.8) is 0 Å². The van der Waals surface area contributed by atoms with Crippen LogP contribution in [0.3, 0.4) is 0 Å². The summed E-state index contributed by atoms with van der Waals surface area (Å²) in [7, 11) is 3.54. The molecule has 0 saturated carbocycles. The van der Waals surface area contributed by atoms with Crippen LogP contribution in [0.15, 0.2) is 30.5 Å². The minimum atomic E-state index is -0.882. The Morgan fingerprint density at radius 3 is 2.76 bits per heavy atom. The Bertz CT molecular complexity index is 671. The molecule has 0 unspecified atom stereocenters. The third-order valence-electron chi connectivity index (χ3n) is 3.47. The Kier molecular flexibility index (Phi) is 4.47. The third kappa shape index (κ3) is 2.73. The molecule has 1 atom stereocenters. The SMILES string of the molecule is CN1C(=O)[C@@H]([NH-])COc2ccc(-c3ccnn3C)cc21.[Pd]. The number of ether oxygens (including phenoxy) is 1. The van der Waals surface area contributed by atoms with Crippen LogP contribution in [-0.2, 0) is 32.3 Å². The van der Waals surface area contributed by atoms with Gasteiger partial charge in [0.05, 0.1) is 18.0 Å². The van der Waals surface area contributed by atoms with Crippen LogP contribution < -0.4 is 9.64 Å². The number of hydrogen-bond donors (Lipinski definition) is 0. The molecule has 2 heterocycles.